The van der Waals surface area contributed by atoms with Crippen LogP contribution in [0, 0.1) is 0 Å². The molecule has 6 nitrogen and oxygen atoms in total. The zero-order chi connectivity index (χ0) is 20.8. The van der Waals surface area contributed by atoms with E-state index in [-0.39, 0.29) is 40.5 Å². The second-order valence-corrected chi connectivity index (χ2v) is 11.6. The van der Waals surface area contributed by atoms with E-state index in [0.29, 0.717) is 6.54 Å². The van der Waals surface area contributed by atoms with Gasteiger partial charge in [-0.3, -0.25) is 0 Å². The number of hydrogen-bond donors (Lipinski definition) is 2. The predicted molar refractivity (Wildman–Crippen MR) is 136 cm³/mol. The molecule has 1 aliphatic rings. The Hall–Kier alpha value is -0.520. The van der Waals surface area contributed by atoms with Crippen molar-refractivity contribution in [1.29, 1.82) is 0 Å². The Morgan fingerprint density at radius 2 is 1.93 bits per heavy atom. The number of halogens is 1. The van der Waals surface area contributed by atoms with Crippen molar-refractivity contribution in [2.45, 2.75) is 57.7 Å². The molecule has 0 bridgehead atoms. The van der Waals surface area contributed by atoms with E-state index in [4.69, 9.17) is 4.99 Å². The Labute approximate surface area is 197 Å². The summed E-state index contributed by atoms with van der Waals surface area (Å²) in [6, 6.07) is 7.53. The molecule has 29 heavy (non-hydrogen) atoms. The molecule has 1 aliphatic heterocycles. The van der Waals surface area contributed by atoms with Crippen LogP contribution in [0.1, 0.15) is 45.7 Å². The number of guanidine groups is 1. The lowest BCUT2D eigenvalue weighted by Gasteiger charge is -2.39. The molecule has 1 heterocycles. The molecule has 1 fully saturated rings. The standard InChI is InChI=1S/C20H34N4O2S2.HI/c1-6-21-19(24-11-12-27-20(4,5)15-24)22-13-17-9-7-8-10-18(17)14-28(25,26)23-16(2)3;/h7-10,16,23H,6,11-15H2,1-5H3,(H,21,22);1H. The van der Waals surface area contributed by atoms with Gasteiger partial charge < -0.3 is 10.2 Å². The molecule has 2 N–H and O–H groups in total. The Balaban J connectivity index is 0.00000420. The van der Waals surface area contributed by atoms with Crippen LogP contribution in [0.15, 0.2) is 29.3 Å². The Bertz CT molecular complexity index is 782. The average molecular weight is 555 g/mol. The van der Waals surface area contributed by atoms with Gasteiger partial charge in [-0.2, -0.15) is 11.8 Å². The van der Waals surface area contributed by atoms with Crippen LogP contribution < -0.4 is 10.0 Å². The van der Waals surface area contributed by atoms with E-state index < -0.39 is 10.0 Å². The number of rotatable bonds is 7. The van der Waals surface area contributed by atoms with E-state index in [2.05, 4.69) is 35.7 Å². The number of aliphatic imine (C=N–C) groups is 1. The maximum atomic E-state index is 12.4. The highest BCUT2D eigenvalue weighted by Gasteiger charge is 2.28. The molecule has 0 unspecified atom stereocenters. The first-order valence-electron chi connectivity index (χ1n) is 9.86. The van der Waals surface area contributed by atoms with Gasteiger partial charge in [-0.1, -0.05) is 24.3 Å². The lowest BCUT2D eigenvalue weighted by Crippen LogP contribution is -2.50. The van der Waals surface area contributed by atoms with Crippen molar-refractivity contribution in [2.75, 3.05) is 25.4 Å². The summed E-state index contributed by atoms with van der Waals surface area (Å²) in [5, 5.41) is 3.39. The lowest BCUT2D eigenvalue weighted by atomic mass is 10.1. The van der Waals surface area contributed by atoms with Crippen molar-refractivity contribution >= 4 is 51.7 Å². The molecule has 2 rings (SSSR count). The van der Waals surface area contributed by atoms with Crippen molar-refractivity contribution in [2.24, 2.45) is 4.99 Å². The van der Waals surface area contributed by atoms with Crippen LogP contribution in [0.5, 0.6) is 0 Å². The fraction of sp³-hybridized carbons (Fsp3) is 0.650. The summed E-state index contributed by atoms with van der Waals surface area (Å²) < 4.78 is 27.6. The largest absolute Gasteiger partial charge is 0.357 e. The summed E-state index contributed by atoms with van der Waals surface area (Å²) >= 11 is 1.99. The molecule has 1 aromatic carbocycles. The third-order valence-electron chi connectivity index (χ3n) is 4.34. The topological polar surface area (TPSA) is 73.8 Å². The van der Waals surface area contributed by atoms with Crippen LogP contribution in [0.4, 0.5) is 0 Å². The highest BCUT2D eigenvalue weighted by atomic mass is 127. The fourth-order valence-corrected chi connectivity index (χ4v) is 5.85. The number of sulfonamides is 1. The van der Waals surface area contributed by atoms with Gasteiger partial charge in [0.05, 0.1) is 12.3 Å². The Kier molecular flexibility index (Phi) is 10.8. The number of thioether (sulfide) groups is 1. The van der Waals surface area contributed by atoms with Crippen molar-refractivity contribution in [3.63, 3.8) is 0 Å². The minimum atomic E-state index is -3.37. The fourth-order valence-electron chi connectivity index (χ4n) is 3.24. The number of nitrogens with zero attached hydrogens (tertiary/aromatic N) is 2. The van der Waals surface area contributed by atoms with Crippen molar-refractivity contribution < 1.29 is 8.42 Å². The molecule has 0 atom stereocenters. The first-order chi connectivity index (χ1) is 13.1. The quantitative estimate of drug-likeness (QED) is 0.307. The van der Waals surface area contributed by atoms with Crippen molar-refractivity contribution in [3.05, 3.63) is 35.4 Å². The van der Waals surface area contributed by atoms with E-state index in [1.54, 1.807) is 0 Å². The summed E-state index contributed by atoms with van der Waals surface area (Å²) in [6.07, 6.45) is 0. The highest BCUT2D eigenvalue weighted by Crippen LogP contribution is 2.29. The maximum absolute atomic E-state index is 12.4. The van der Waals surface area contributed by atoms with Gasteiger partial charge in [0.1, 0.15) is 0 Å². The van der Waals surface area contributed by atoms with Gasteiger partial charge >= 0.3 is 0 Å². The predicted octanol–water partition coefficient (Wildman–Crippen LogP) is 3.43. The minimum absolute atomic E-state index is 0. The van der Waals surface area contributed by atoms with Gasteiger partial charge in [0.2, 0.25) is 10.0 Å². The van der Waals surface area contributed by atoms with Crippen LogP contribution in [-0.4, -0.2) is 55.5 Å². The third kappa shape index (κ3) is 9.02. The van der Waals surface area contributed by atoms with E-state index in [1.807, 2.05) is 49.9 Å². The summed E-state index contributed by atoms with van der Waals surface area (Å²) in [6.45, 7) is 13.4. The van der Waals surface area contributed by atoms with Crippen LogP contribution in [0.3, 0.4) is 0 Å². The first-order valence-corrected chi connectivity index (χ1v) is 12.5. The zero-order valence-electron chi connectivity index (χ0n) is 18.1. The van der Waals surface area contributed by atoms with Crippen LogP contribution in [-0.2, 0) is 22.3 Å². The number of benzene rings is 1. The molecule has 0 spiro atoms. The molecule has 0 saturated carbocycles. The Morgan fingerprint density at radius 1 is 1.28 bits per heavy atom. The van der Waals surface area contributed by atoms with E-state index in [0.717, 1.165) is 42.5 Å². The van der Waals surface area contributed by atoms with Crippen LogP contribution in [0.25, 0.3) is 0 Å². The zero-order valence-corrected chi connectivity index (χ0v) is 22.0. The SMILES string of the molecule is CCNC(=NCc1ccccc1CS(=O)(=O)NC(C)C)N1CCSC(C)(C)C1.I. The summed E-state index contributed by atoms with van der Waals surface area (Å²) in [5.74, 6) is 1.95. The van der Waals surface area contributed by atoms with E-state index >= 15 is 0 Å². The number of hydrogen-bond acceptors (Lipinski definition) is 4. The average Bonchev–Trinajstić information content (AvgIpc) is 2.57. The normalized spacial score (nSPS) is 17.2. The highest BCUT2D eigenvalue weighted by molar-refractivity contribution is 14.0. The van der Waals surface area contributed by atoms with Gasteiger partial charge in [-0.15, -0.1) is 24.0 Å². The second kappa shape index (κ2) is 11.8. The van der Waals surface area contributed by atoms with E-state index in [1.165, 1.54) is 0 Å². The second-order valence-electron chi connectivity index (χ2n) is 8.00. The molecular formula is C20H35IN4O2S2. The lowest BCUT2D eigenvalue weighted by molar-refractivity contribution is 0.376. The minimum Gasteiger partial charge on any atom is -0.357 e. The molecule has 9 heteroatoms. The smallest absolute Gasteiger partial charge is 0.216 e. The van der Waals surface area contributed by atoms with Gasteiger partial charge in [-0.05, 0) is 45.7 Å². The molecule has 1 saturated heterocycles. The molecule has 0 aromatic heterocycles. The van der Waals surface area contributed by atoms with Gasteiger partial charge in [-0.25, -0.2) is 18.1 Å². The molecular weight excluding hydrogens is 519 g/mol. The maximum Gasteiger partial charge on any atom is 0.216 e. The van der Waals surface area contributed by atoms with E-state index in [9.17, 15) is 8.42 Å². The van der Waals surface area contributed by atoms with Gasteiger partial charge in [0.15, 0.2) is 5.96 Å². The van der Waals surface area contributed by atoms with Crippen LogP contribution >= 0.6 is 35.7 Å². The molecule has 1 aromatic rings. The Morgan fingerprint density at radius 3 is 2.52 bits per heavy atom. The molecule has 0 radical (unpaired) electrons. The van der Waals surface area contributed by atoms with Crippen molar-refractivity contribution in [3.8, 4) is 0 Å². The first kappa shape index (κ1) is 26.5. The number of nitrogens with one attached hydrogen (secondary N) is 2. The molecule has 0 aliphatic carbocycles. The third-order valence-corrected chi connectivity index (χ3v) is 7.16. The van der Waals surface area contributed by atoms with Crippen LogP contribution in [0.2, 0.25) is 0 Å². The van der Waals surface area contributed by atoms with Gasteiger partial charge in [0.25, 0.3) is 0 Å². The molecule has 0 amide bonds. The molecule has 166 valence electrons. The van der Waals surface area contributed by atoms with Crippen molar-refractivity contribution in [1.82, 2.24) is 14.9 Å². The van der Waals surface area contributed by atoms with Gasteiger partial charge in [0, 0.05) is 36.2 Å². The summed E-state index contributed by atoms with van der Waals surface area (Å²) in [5.41, 5.74) is 1.74. The summed E-state index contributed by atoms with van der Waals surface area (Å²) in [4.78, 5) is 7.14. The monoisotopic (exact) mass is 554 g/mol. The summed E-state index contributed by atoms with van der Waals surface area (Å²) in [7, 11) is -3.37.